The highest BCUT2D eigenvalue weighted by Crippen LogP contribution is 2.42. The highest BCUT2D eigenvalue weighted by molar-refractivity contribution is 5.87. The Hall–Kier alpha value is -7.22. The van der Waals surface area contributed by atoms with E-state index in [9.17, 15) is 59.4 Å². The average molecular weight is 1140 g/mol. The lowest BCUT2D eigenvalue weighted by molar-refractivity contribution is -0.221. The van der Waals surface area contributed by atoms with Crippen LogP contribution in [0.2, 0.25) is 0 Å². The number of halogens is 10. The number of benzene rings is 2. The molecule has 0 aliphatic carbocycles. The van der Waals surface area contributed by atoms with Gasteiger partial charge in [0.2, 0.25) is 5.91 Å². The summed E-state index contributed by atoms with van der Waals surface area (Å²) in [6.45, 7) is 0.130. The number of amides is 4. The molecule has 28 heteroatoms. The number of ether oxygens (including phenoxy) is 3. The van der Waals surface area contributed by atoms with Gasteiger partial charge in [-0.15, -0.1) is 0 Å². The standard InChI is InChI=1S/C52H58F10N10O8/c1-49(2,51(57,58)59)42(65-47(76)78-5)44(74)64-39(17-29-10-7-28(8-11-29)9-12-30-13-14-41(63-21-30)71-23-32-20-33(71)22-70(32)34-26-80-27-34)40(73)25-69(68-45(75)43(66-48(77)79-6)50(3,4)52(60,61)62)24-35-36(53)18-31(19-37(35)54)38-15-16-72(67-38)46(55)56/h7-8,10-11,13-16,18-19,21,32-34,39-40,42-43,46,73H,17,20,22-27H2,1-6H3,(H,64,74)(H,65,76)(H,66,77)(H,68,75)/t32-,33-,39+,40+,42?,43-/m1/s1. The quantitative estimate of drug-likeness (QED) is 0.0402. The number of methoxy groups -OCH3 is 2. The second kappa shape index (κ2) is 24.2. The molecule has 434 valence electrons. The Balaban J connectivity index is 1.18. The number of nitrogens with one attached hydrogen (secondary N) is 4. The van der Waals surface area contributed by atoms with E-state index >= 15 is 8.78 Å². The number of pyridine rings is 1. The van der Waals surface area contributed by atoms with E-state index in [1.54, 1.807) is 23.6 Å². The van der Waals surface area contributed by atoms with Gasteiger partial charge >= 0.3 is 31.1 Å². The number of piperazine rings is 1. The van der Waals surface area contributed by atoms with E-state index < -0.39 is 115 Å². The molecule has 7 rings (SSSR count). The van der Waals surface area contributed by atoms with Crippen molar-refractivity contribution in [3.63, 3.8) is 0 Å². The lowest BCUT2D eigenvalue weighted by atomic mass is 9.82. The topological polar surface area (TPSA) is 205 Å². The van der Waals surface area contributed by atoms with Gasteiger partial charge in [-0.3, -0.25) is 19.9 Å². The second-order valence-corrected chi connectivity index (χ2v) is 20.6. The normalized spacial score (nSPS) is 18.4. The maximum Gasteiger partial charge on any atom is 0.407 e. The highest BCUT2D eigenvalue weighted by Gasteiger charge is 2.57. The maximum absolute atomic E-state index is 16.0. The van der Waals surface area contributed by atoms with Crippen LogP contribution in [0.3, 0.4) is 0 Å². The Morgan fingerprint density at radius 1 is 0.787 bits per heavy atom. The van der Waals surface area contributed by atoms with E-state index in [1.807, 2.05) is 22.9 Å². The van der Waals surface area contributed by atoms with Crippen molar-refractivity contribution in [1.82, 2.24) is 46.0 Å². The zero-order chi connectivity index (χ0) is 58.6. The smallest absolute Gasteiger partial charge is 0.407 e. The van der Waals surface area contributed by atoms with Gasteiger partial charge in [0.05, 0.1) is 62.1 Å². The minimum Gasteiger partial charge on any atom is -0.453 e. The molecule has 3 fully saturated rings. The van der Waals surface area contributed by atoms with Crippen LogP contribution in [0.25, 0.3) is 11.3 Å². The Kier molecular flexibility index (Phi) is 18.3. The largest absolute Gasteiger partial charge is 0.453 e. The molecule has 3 saturated heterocycles. The Morgan fingerprint density at radius 3 is 1.85 bits per heavy atom. The fourth-order valence-electron chi connectivity index (χ4n) is 9.39. The van der Waals surface area contributed by atoms with E-state index in [0.717, 1.165) is 65.0 Å². The number of fused-ring (bicyclic) bond motifs is 2. The molecule has 0 saturated carbocycles. The molecule has 6 atom stereocenters. The minimum absolute atomic E-state index is 0.198. The van der Waals surface area contributed by atoms with Crippen molar-refractivity contribution in [2.24, 2.45) is 10.8 Å². The van der Waals surface area contributed by atoms with Gasteiger partial charge in [-0.05, 0) is 88.6 Å². The molecule has 1 unspecified atom stereocenters. The third-order valence-corrected chi connectivity index (χ3v) is 14.6. The van der Waals surface area contributed by atoms with Crippen LogP contribution in [0.15, 0.2) is 67.0 Å². The number of alkyl halides is 8. The number of hydrogen-bond acceptors (Lipinski definition) is 13. The summed E-state index contributed by atoms with van der Waals surface area (Å²) in [7, 11) is 1.60. The number of rotatable bonds is 19. The third kappa shape index (κ3) is 13.7. The monoisotopic (exact) mass is 1140 g/mol. The van der Waals surface area contributed by atoms with E-state index in [2.05, 4.69) is 46.5 Å². The lowest BCUT2D eigenvalue weighted by Crippen LogP contribution is -2.63. The number of aliphatic hydroxyl groups is 1. The molecule has 2 bridgehead atoms. The molecule has 5 N–H and O–H groups in total. The van der Waals surface area contributed by atoms with Gasteiger partial charge < -0.3 is 40.2 Å². The van der Waals surface area contributed by atoms with Crippen molar-refractivity contribution in [1.29, 1.82) is 0 Å². The summed E-state index contributed by atoms with van der Waals surface area (Å²) in [5.41, 5.74) is -4.42. The molecule has 80 heavy (non-hydrogen) atoms. The van der Waals surface area contributed by atoms with Gasteiger partial charge in [-0.1, -0.05) is 24.0 Å². The van der Waals surface area contributed by atoms with E-state index in [4.69, 9.17) is 4.74 Å². The summed E-state index contributed by atoms with van der Waals surface area (Å²) in [5.74, 6) is 0.774. The number of carbonyl (C=O) groups excluding carboxylic acids is 4. The van der Waals surface area contributed by atoms with Crippen molar-refractivity contribution < 1.29 is 82.4 Å². The molecule has 2 aromatic carbocycles. The second-order valence-electron chi connectivity index (χ2n) is 20.6. The van der Waals surface area contributed by atoms with Crippen molar-refractivity contribution in [2.45, 2.75) is 108 Å². The van der Waals surface area contributed by atoms with Gasteiger partial charge in [-0.25, -0.2) is 33.0 Å². The molecule has 5 heterocycles. The predicted molar refractivity (Wildman–Crippen MR) is 265 cm³/mol. The van der Waals surface area contributed by atoms with Crippen LogP contribution in [-0.4, -0.2) is 156 Å². The molecule has 4 aromatic rings. The zero-order valence-corrected chi connectivity index (χ0v) is 43.9. The van der Waals surface area contributed by atoms with Crippen LogP contribution in [0.4, 0.5) is 59.3 Å². The number of carbonyl (C=O) groups is 4. The van der Waals surface area contributed by atoms with Crippen molar-refractivity contribution in [3.8, 4) is 23.1 Å². The molecule has 4 amide bonds. The summed E-state index contributed by atoms with van der Waals surface area (Å²) in [5, 5.41) is 22.1. The summed E-state index contributed by atoms with van der Waals surface area (Å²) < 4.78 is 160. The third-order valence-electron chi connectivity index (χ3n) is 14.6. The van der Waals surface area contributed by atoms with Gasteiger partial charge in [0.25, 0.3) is 5.91 Å². The van der Waals surface area contributed by atoms with Gasteiger partial charge in [-0.2, -0.15) is 40.2 Å². The molecule has 0 radical (unpaired) electrons. The van der Waals surface area contributed by atoms with Crippen LogP contribution in [-0.2, 0) is 36.8 Å². The molecular formula is C52H58F10N10O8. The Labute approximate surface area is 452 Å². The van der Waals surface area contributed by atoms with E-state index in [-0.39, 0.29) is 21.5 Å². The van der Waals surface area contributed by atoms with Crippen molar-refractivity contribution in [2.75, 3.05) is 52.0 Å². The summed E-state index contributed by atoms with van der Waals surface area (Å²) in [4.78, 5) is 62.3. The number of likely N-dealkylation sites (tertiary alicyclic amines) is 1. The van der Waals surface area contributed by atoms with E-state index in [0.29, 0.717) is 74.1 Å². The SMILES string of the molecule is COC(=O)NC(C(=O)N[C@@H](Cc1ccc(C#Cc2ccc(N3C[C@H]4C[C@@H]3CN4C3COC3)nc2)cc1)[C@@H](O)CN(Cc1c(F)cc(-c2ccn(C(F)F)n2)cc1F)NC(=O)[C@@H](NC(=O)OC)C(C)(C)C(F)(F)F)C(C)(C)C(F)(F)F. The molecule has 3 aliphatic heterocycles. The Morgan fingerprint density at radius 2 is 1.36 bits per heavy atom. The summed E-state index contributed by atoms with van der Waals surface area (Å²) >= 11 is 0. The van der Waals surface area contributed by atoms with Gasteiger partial charge in [0.1, 0.15) is 29.5 Å². The fraction of sp³-hybridized carbons (Fsp3) is 0.500. The number of aliphatic hydroxyl groups excluding tert-OH is 1. The Bertz CT molecular complexity index is 2910. The van der Waals surface area contributed by atoms with Crippen molar-refractivity contribution >= 4 is 29.8 Å². The molecule has 0 spiro atoms. The molecular weight excluding hydrogens is 1080 g/mol. The van der Waals surface area contributed by atoms with Crippen LogP contribution < -0.4 is 26.3 Å². The van der Waals surface area contributed by atoms with Crippen LogP contribution >= 0.6 is 0 Å². The first-order chi connectivity index (χ1) is 37.5. The van der Waals surface area contributed by atoms with Crippen LogP contribution in [0.1, 0.15) is 62.9 Å². The molecule has 2 aromatic heterocycles. The summed E-state index contributed by atoms with van der Waals surface area (Å²) in [6.07, 6.45) is -12.5. The predicted octanol–water partition coefficient (Wildman–Crippen LogP) is 6.23. The van der Waals surface area contributed by atoms with Crippen molar-refractivity contribution in [3.05, 3.63) is 101 Å². The summed E-state index contributed by atoms with van der Waals surface area (Å²) in [6, 6.07) is 6.53. The first kappa shape index (κ1) is 60.4. The van der Waals surface area contributed by atoms with E-state index in [1.165, 1.54) is 12.1 Å². The average Bonchev–Trinajstić information content (AvgIpc) is 4.17. The number of aromatic nitrogens is 3. The number of hydrogen-bond donors (Lipinski definition) is 5. The lowest BCUT2D eigenvalue weighted by Gasteiger charge is -2.42. The maximum atomic E-state index is 16.0. The zero-order valence-electron chi connectivity index (χ0n) is 43.9. The first-order valence-corrected chi connectivity index (χ1v) is 24.9. The molecule has 18 nitrogen and oxygen atoms in total. The van der Waals surface area contributed by atoms with Crippen LogP contribution in [0, 0.1) is 34.3 Å². The first-order valence-electron chi connectivity index (χ1n) is 24.9. The number of anilines is 1. The number of hydrazine groups is 1. The fourth-order valence-corrected chi connectivity index (χ4v) is 9.39. The number of alkyl carbamates (subject to hydrolysis) is 2. The van der Waals surface area contributed by atoms with Crippen LogP contribution in [0.5, 0.6) is 0 Å². The molecule has 3 aliphatic rings. The number of nitrogens with zero attached hydrogens (tertiary/aromatic N) is 6. The van der Waals surface area contributed by atoms with Gasteiger partial charge in [0, 0.05) is 72.9 Å². The van der Waals surface area contributed by atoms with Gasteiger partial charge in [0.15, 0.2) is 0 Å². The minimum atomic E-state index is -5.23. The highest BCUT2D eigenvalue weighted by atomic mass is 19.4.